The molecule has 9 rings (SSSR count). The molecule has 0 radical (unpaired) electrons. The molecule has 0 saturated carbocycles. The molecule has 4 heterocycles. The number of para-hydroxylation sites is 2. The Morgan fingerprint density at radius 3 is 1.23 bits per heavy atom. The fourth-order valence-electron chi connectivity index (χ4n) is 17.6. The summed E-state index contributed by atoms with van der Waals surface area (Å²) in [5.74, 6) is -17.6. The van der Waals surface area contributed by atoms with Gasteiger partial charge in [-0.1, -0.05) is 67.4 Å². The molecule has 11 N–H and O–H groups in total. The monoisotopic (exact) mass is 2000 g/mol. The summed E-state index contributed by atoms with van der Waals surface area (Å²) < 4.78 is 38.3. The number of rotatable bonds is 54. The third-order valence-electron chi connectivity index (χ3n) is 25.1. The summed E-state index contributed by atoms with van der Waals surface area (Å²) in [5, 5.41) is 111. The molecule has 6 amide bonds. The van der Waals surface area contributed by atoms with Crippen LogP contribution in [-0.4, -0.2) is 377 Å². The van der Waals surface area contributed by atoms with Gasteiger partial charge in [-0.25, -0.2) is 12.8 Å². The molecule has 0 aliphatic carbocycles. The van der Waals surface area contributed by atoms with E-state index in [1.807, 2.05) is 123 Å². The number of anilines is 4. The number of hydrogen-bond donors (Lipinski definition) is 11. The van der Waals surface area contributed by atoms with Gasteiger partial charge in [0.25, 0.3) is 0 Å². The number of benzene rings is 5. The highest BCUT2D eigenvalue weighted by Crippen LogP contribution is 2.44. The average Bonchev–Trinajstić information content (AvgIpc) is 0.888. The van der Waals surface area contributed by atoms with E-state index in [0.29, 0.717) is 120 Å². The Morgan fingerprint density at radius 2 is 0.809 bits per heavy atom. The zero-order valence-corrected chi connectivity index (χ0v) is 80.7. The Labute approximate surface area is 819 Å². The largest absolute Gasteiger partial charge is 0.497 e. The third kappa shape index (κ3) is 33.7. The molecule has 0 bridgehead atoms. The zero-order valence-electron chi connectivity index (χ0n) is 79.0. The van der Waals surface area contributed by atoms with Crippen LogP contribution < -0.4 is 9.80 Å². The molecule has 6 aromatic rings. The summed E-state index contributed by atoms with van der Waals surface area (Å²) in [5.41, 5.74) is 6.04. The number of thioether (sulfide) groups is 1. The number of amides is 6. The number of carbonyl (C=O) groups excluding carboxylic acids is 6. The van der Waals surface area contributed by atoms with Crippen LogP contribution in [-0.2, 0) is 81.9 Å². The van der Waals surface area contributed by atoms with E-state index in [4.69, 9.17) is 4.42 Å². The maximum atomic E-state index is 15.0. The van der Waals surface area contributed by atoms with Gasteiger partial charge in [0, 0.05) is 166 Å². The van der Waals surface area contributed by atoms with Crippen LogP contribution in [0.25, 0.3) is 33.1 Å². The molecule has 0 spiro atoms. The highest BCUT2D eigenvalue weighted by molar-refractivity contribution is 8.00. The molecule has 44 heteroatoms. The van der Waals surface area contributed by atoms with Crippen molar-refractivity contribution in [2.75, 3.05) is 154 Å². The second kappa shape index (κ2) is 55.0. The van der Waals surface area contributed by atoms with Gasteiger partial charge in [-0.05, 0) is 150 Å². The number of nitrogens with zero attached hydrogens (tertiary/aromatic N) is 13. The smallest absolute Gasteiger partial charge is 0.363 e. The van der Waals surface area contributed by atoms with Crippen molar-refractivity contribution in [1.82, 2.24) is 43.5 Å². The summed E-state index contributed by atoms with van der Waals surface area (Å²) in [6, 6.07) is 33.3. The average molecular weight is 2000 g/mol. The second-order valence-electron chi connectivity index (χ2n) is 35.0. The van der Waals surface area contributed by atoms with Crippen molar-refractivity contribution in [1.29, 1.82) is 0 Å². The Hall–Kier alpha value is -13.3. The van der Waals surface area contributed by atoms with Crippen LogP contribution in [0.4, 0.5) is 22.7 Å². The molecule has 3 aliphatic rings. The highest BCUT2D eigenvalue weighted by Gasteiger charge is 2.41. The summed E-state index contributed by atoms with van der Waals surface area (Å²) >= 11 is 1.40. The first-order chi connectivity index (χ1) is 67.3. The summed E-state index contributed by atoms with van der Waals surface area (Å²) in [6.07, 6.45) is 1.85. The third-order valence-corrected chi connectivity index (χ3v) is 28.3. The number of sulfonamides is 1. The lowest BCUT2D eigenvalue weighted by atomic mass is 9.96. The zero-order chi connectivity index (χ0) is 103. The fraction of sp³-hybridized carbons (Fsp3) is 0.505. The van der Waals surface area contributed by atoms with Crippen molar-refractivity contribution in [3.8, 4) is 11.1 Å². The van der Waals surface area contributed by atoms with E-state index in [0.717, 1.165) is 33.5 Å². The number of carbonyl (C=O) groups is 15. The van der Waals surface area contributed by atoms with Crippen LogP contribution in [0.3, 0.4) is 0 Å². The van der Waals surface area contributed by atoms with Crippen LogP contribution >= 0.6 is 11.8 Å². The van der Waals surface area contributed by atoms with Crippen molar-refractivity contribution >= 4 is 167 Å². The first-order valence-corrected chi connectivity index (χ1v) is 49.5. The first kappa shape index (κ1) is 111. The van der Waals surface area contributed by atoms with Gasteiger partial charge in [0.1, 0.15) is 18.1 Å². The minimum absolute atomic E-state index is 0.0372. The highest BCUT2D eigenvalue weighted by atomic mass is 32.2. The van der Waals surface area contributed by atoms with Crippen LogP contribution in [0.5, 0.6) is 0 Å². The molecule has 3 saturated heterocycles. The number of fused-ring (bicyclic) bond motifs is 2. The predicted molar refractivity (Wildman–Crippen MR) is 520 cm³/mol. The fourth-order valence-corrected chi connectivity index (χ4v) is 20.5. The van der Waals surface area contributed by atoms with E-state index in [1.54, 1.807) is 12.1 Å². The predicted octanol–water partition coefficient (Wildman–Crippen LogP) is 8.76. The molecular formula is C97H126N13O29S2+. The molecule has 764 valence electrons. The van der Waals surface area contributed by atoms with Gasteiger partial charge in [0.15, 0.2) is 11.8 Å². The van der Waals surface area contributed by atoms with Crippen molar-refractivity contribution in [2.24, 2.45) is 15.9 Å². The topological polar surface area (TPSA) is 584 Å². The van der Waals surface area contributed by atoms with Crippen LogP contribution in [0.1, 0.15) is 141 Å². The Morgan fingerprint density at radius 1 is 0.426 bits per heavy atom. The van der Waals surface area contributed by atoms with Crippen LogP contribution in [0.15, 0.2) is 141 Å². The normalized spacial score (nSPS) is 16.0. The van der Waals surface area contributed by atoms with Gasteiger partial charge < -0.3 is 85.6 Å². The van der Waals surface area contributed by atoms with Crippen LogP contribution in [0.2, 0.25) is 0 Å². The van der Waals surface area contributed by atoms with Crippen LogP contribution in [0, 0.1) is 5.92 Å². The lowest BCUT2D eigenvalue weighted by Crippen LogP contribution is -2.49. The molecular weight excluding hydrogens is 1880 g/mol. The van der Waals surface area contributed by atoms with Gasteiger partial charge in [-0.15, -0.1) is 11.8 Å². The standard InChI is InChI=1S/C97H125N13O29S2/c1-100(66-22-8-3-9-23-66)68-30-32-70-76(56-68)139-77-57-69(101(2)67-24-10-4-11-25-67)31-33-71(77)92(70)72-26-14-15-27-79(72)141(137,138)109-49-40-65(41-50-109)93(129)99-43-17-7-18-48-110-85(116)58-78(94(110)130)140-55-19-6-12-28-80(111)98-42-16-5-13-29-81(112)102-44-20-45-104(83(114)38-35-74(96(133)134)107(61-88(121)122)62-89(123)124)53-54-105(84(115)39-36-75(97(135)136)108(63-90(125)126)64-91(127)128)47-21-46-103(52-51-102)82(113)37-34-73(95(131)132)106(59-86(117)118)60-87(119)120/h3-4,8-11,14-15,22-27,30-33,56-57,65,73-75,78H,5-7,12-13,16-21,28-29,34-55,58-64H2,1-2H3,(H10-,98,99,111,117,118,119,120,121,122,123,124,125,126,127,128,129,131,132,133,134,135,136)/p+1. The minimum atomic E-state index is -4.10. The van der Waals surface area contributed by atoms with E-state index in [9.17, 15) is 128 Å². The quantitative estimate of drug-likeness (QED) is 0.00424. The molecule has 3 fully saturated rings. The lowest BCUT2D eigenvalue weighted by Gasteiger charge is -2.33. The number of aliphatic hydroxyl groups excluding tert-OH is 2. The number of carboxylic acid groups (broad SMARTS) is 9. The summed E-state index contributed by atoms with van der Waals surface area (Å²) in [4.78, 5) is 213. The Balaban J connectivity index is 0.734. The first-order valence-electron chi connectivity index (χ1n) is 47.0. The molecule has 141 heavy (non-hydrogen) atoms. The van der Waals surface area contributed by atoms with Gasteiger partial charge in [-0.3, -0.25) is 102 Å². The number of piperidine rings is 1. The van der Waals surface area contributed by atoms with Gasteiger partial charge in [0.2, 0.25) is 45.5 Å². The molecule has 5 aromatic carbocycles. The van der Waals surface area contributed by atoms with Crippen molar-refractivity contribution in [2.45, 2.75) is 170 Å². The van der Waals surface area contributed by atoms with Crippen molar-refractivity contribution < 1.29 is 141 Å². The molecule has 1 aromatic heterocycles. The minimum Gasteiger partial charge on any atom is -0.497 e. The maximum Gasteiger partial charge on any atom is 0.363 e. The SMILES string of the molecule is CN(c1ccccc1)c1ccc2c(-c3ccccc3S(=O)(=O)N3CCC(C(O)=NCCCCCN4C(=O)CC(SCCCCCC(O)=NCCCCCC(=O)N5CCCN(C(=O)CCC(C(=O)O)N(CC(=O)O)CC(=O)O)CCN(C(=O)CCC(C(=O)O)N(CC(=O)O)CC(=O)O)CCCN(C(=O)CCC(C(=O)O)N(CC(=O)O)CC(=O)O)CC5)C4=O)CC3)c3ccc(N(C)c4ccccc4)cc3[o+]c2c1. The molecule has 4 unspecified atom stereocenters. The van der Waals surface area contributed by atoms with Gasteiger partial charge >= 0.3 is 64.9 Å². The summed E-state index contributed by atoms with van der Waals surface area (Å²) in [6.45, 7) is -7.29. The number of carboxylic acids is 9. The number of aliphatic hydroxyl groups is 2. The second-order valence-corrected chi connectivity index (χ2v) is 38.2. The van der Waals surface area contributed by atoms with Crippen molar-refractivity contribution in [3.05, 3.63) is 121 Å². The molecule has 42 nitrogen and oxygen atoms in total. The number of unbranched alkanes of at least 4 members (excludes halogenated alkanes) is 6. The molecule has 4 atom stereocenters. The van der Waals surface area contributed by atoms with E-state index in [2.05, 4.69) is 19.8 Å². The van der Waals surface area contributed by atoms with Gasteiger partial charge in [-0.2, -0.15) is 4.31 Å². The van der Waals surface area contributed by atoms with Gasteiger partial charge in [0.05, 0.1) is 83.7 Å². The van der Waals surface area contributed by atoms with E-state index >= 15 is 8.42 Å². The maximum absolute atomic E-state index is 15.0. The number of likely N-dealkylation sites (tertiary alicyclic amines) is 1. The number of hydrogen-bond acceptors (Lipinski definition) is 25. The number of aliphatic imine (C=N–C) groups is 2. The Bertz CT molecular complexity index is 5420. The molecule has 3 aliphatic heterocycles. The summed E-state index contributed by atoms with van der Waals surface area (Å²) in [7, 11) is -0.150. The van der Waals surface area contributed by atoms with E-state index in [-0.39, 0.29) is 145 Å². The van der Waals surface area contributed by atoms with E-state index < -0.39 is 189 Å². The van der Waals surface area contributed by atoms with E-state index in [1.165, 1.54) is 40.6 Å². The Kier molecular flexibility index (Phi) is 43.5. The number of imide groups is 1. The van der Waals surface area contributed by atoms with Crippen molar-refractivity contribution in [3.63, 3.8) is 0 Å². The number of aliphatic carboxylic acids is 9. The lowest BCUT2D eigenvalue weighted by molar-refractivity contribution is -0.152.